The molecule has 3 aromatic rings. The Hall–Kier alpha value is -3.11. The molecule has 0 aromatic carbocycles. The van der Waals surface area contributed by atoms with E-state index in [1.807, 2.05) is 24.3 Å². The van der Waals surface area contributed by atoms with Crippen LogP contribution in [0.2, 0.25) is 0 Å². The molecule has 3 rings (SSSR count). The molecule has 0 unspecified atom stereocenters. The van der Waals surface area contributed by atoms with E-state index in [1.54, 1.807) is 16.8 Å². The lowest BCUT2D eigenvalue weighted by atomic mass is 10.2. The third-order valence-corrected chi connectivity index (χ3v) is 2.82. The van der Waals surface area contributed by atoms with Gasteiger partial charge >= 0.3 is 0 Å². The number of hydrogen-bond acceptors (Lipinski definition) is 3. The summed E-state index contributed by atoms with van der Waals surface area (Å²) in [6.07, 6.45) is 8.49. The van der Waals surface area contributed by atoms with Crippen molar-refractivity contribution in [3.05, 3.63) is 53.9 Å². The van der Waals surface area contributed by atoms with Gasteiger partial charge in [0.2, 0.25) is 0 Å². The predicted molar refractivity (Wildman–Crippen MR) is 71.1 cm³/mol. The molecule has 0 aliphatic rings. The summed E-state index contributed by atoms with van der Waals surface area (Å²) in [7, 11) is 0. The number of fused-ring (bicyclic) bond motifs is 1. The van der Waals surface area contributed by atoms with Gasteiger partial charge in [0.25, 0.3) is 0 Å². The van der Waals surface area contributed by atoms with E-state index in [-0.39, 0.29) is 0 Å². The first-order valence-corrected chi connectivity index (χ1v) is 5.63. The van der Waals surface area contributed by atoms with Gasteiger partial charge in [0.15, 0.2) is 0 Å². The first kappa shape index (κ1) is 11.0. The molecule has 4 nitrogen and oxygen atoms in total. The molecule has 0 aliphatic carbocycles. The second-order valence-electron chi connectivity index (χ2n) is 3.99. The van der Waals surface area contributed by atoms with Crippen molar-refractivity contribution < 1.29 is 0 Å². The Kier molecular flexibility index (Phi) is 2.48. The van der Waals surface area contributed by atoms with E-state index in [9.17, 15) is 0 Å². The lowest BCUT2D eigenvalue weighted by Crippen LogP contribution is -1.95. The Morgan fingerprint density at radius 1 is 1.11 bits per heavy atom. The normalized spacial score (nSPS) is 10.0. The smallest absolute Gasteiger partial charge is 0.101 e. The van der Waals surface area contributed by atoms with E-state index in [0.717, 1.165) is 22.5 Å². The van der Waals surface area contributed by atoms with Crippen molar-refractivity contribution in [3.63, 3.8) is 0 Å². The molecule has 0 saturated heterocycles. The summed E-state index contributed by atoms with van der Waals surface area (Å²) >= 11 is 0. The standard InChI is InChI=1S/C15H8N4/c1-2-11-3-5-14(17-9-11)15-6-4-13-7-12(8-16)10-18-19(13)15/h1,3-7,9-10H. The zero-order valence-electron chi connectivity index (χ0n) is 9.91. The van der Waals surface area contributed by atoms with Gasteiger partial charge in [-0.25, -0.2) is 4.52 Å². The summed E-state index contributed by atoms with van der Waals surface area (Å²) in [5.41, 5.74) is 3.79. The van der Waals surface area contributed by atoms with Gasteiger partial charge in [0, 0.05) is 11.8 Å². The second-order valence-corrected chi connectivity index (χ2v) is 3.99. The maximum absolute atomic E-state index is 8.85. The van der Waals surface area contributed by atoms with Crippen LogP contribution in [0.15, 0.2) is 42.7 Å². The number of pyridine rings is 1. The third-order valence-electron chi connectivity index (χ3n) is 2.82. The van der Waals surface area contributed by atoms with Crippen LogP contribution in [0, 0.1) is 23.7 Å². The van der Waals surface area contributed by atoms with Crippen LogP contribution in [0.1, 0.15) is 11.1 Å². The molecule has 3 aromatic heterocycles. The maximum atomic E-state index is 8.85. The van der Waals surface area contributed by atoms with Crippen molar-refractivity contribution in [2.24, 2.45) is 0 Å². The average molecular weight is 244 g/mol. The topological polar surface area (TPSA) is 54.0 Å². The van der Waals surface area contributed by atoms with Crippen molar-refractivity contribution in [2.75, 3.05) is 0 Å². The number of nitriles is 1. The van der Waals surface area contributed by atoms with Crippen molar-refractivity contribution in [1.29, 1.82) is 5.26 Å². The highest BCUT2D eigenvalue weighted by molar-refractivity contribution is 5.65. The largest absolute Gasteiger partial charge is 0.253 e. The van der Waals surface area contributed by atoms with Crippen molar-refractivity contribution in [3.8, 4) is 29.8 Å². The Labute approximate surface area is 110 Å². The molecule has 88 valence electrons. The summed E-state index contributed by atoms with van der Waals surface area (Å²) in [5, 5.41) is 13.1. The van der Waals surface area contributed by atoms with Crippen LogP contribution >= 0.6 is 0 Å². The van der Waals surface area contributed by atoms with Crippen LogP contribution in [-0.2, 0) is 0 Å². The Balaban J connectivity index is 2.15. The van der Waals surface area contributed by atoms with Gasteiger partial charge in [0.1, 0.15) is 6.07 Å². The van der Waals surface area contributed by atoms with Gasteiger partial charge in [-0.05, 0) is 30.3 Å². The predicted octanol–water partition coefficient (Wildman–Crippen LogP) is 2.25. The number of nitrogens with zero attached hydrogens (tertiary/aromatic N) is 4. The van der Waals surface area contributed by atoms with Gasteiger partial charge in [0.05, 0.1) is 28.7 Å². The Bertz CT molecular complexity index is 829. The molecule has 4 heteroatoms. The summed E-state index contributed by atoms with van der Waals surface area (Å²) in [6.45, 7) is 0. The van der Waals surface area contributed by atoms with Crippen LogP contribution < -0.4 is 0 Å². The zero-order chi connectivity index (χ0) is 13.2. The van der Waals surface area contributed by atoms with E-state index in [0.29, 0.717) is 5.56 Å². The molecular weight excluding hydrogens is 236 g/mol. The molecule has 0 fully saturated rings. The number of aromatic nitrogens is 3. The lowest BCUT2D eigenvalue weighted by molar-refractivity contribution is 0.939. The van der Waals surface area contributed by atoms with Crippen LogP contribution in [0.3, 0.4) is 0 Å². The van der Waals surface area contributed by atoms with E-state index in [4.69, 9.17) is 11.7 Å². The molecule has 0 atom stereocenters. The van der Waals surface area contributed by atoms with Crippen LogP contribution in [0.25, 0.3) is 16.9 Å². The number of hydrogen-bond donors (Lipinski definition) is 0. The van der Waals surface area contributed by atoms with Crippen molar-refractivity contribution in [1.82, 2.24) is 14.6 Å². The first-order valence-electron chi connectivity index (χ1n) is 5.63. The van der Waals surface area contributed by atoms with Gasteiger partial charge in [-0.15, -0.1) is 6.42 Å². The van der Waals surface area contributed by atoms with Crippen LogP contribution in [0.5, 0.6) is 0 Å². The van der Waals surface area contributed by atoms with E-state index in [1.165, 1.54) is 6.20 Å². The van der Waals surface area contributed by atoms with Gasteiger partial charge in [-0.3, -0.25) is 4.98 Å². The van der Waals surface area contributed by atoms with Crippen LogP contribution in [0.4, 0.5) is 0 Å². The molecule has 0 N–H and O–H groups in total. The SMILES string of the molecule is C#Cc1ccc(-c2ccc3cc(C#N)cnn23)nc1. The molecule has 0 spiro atoms. The fourth-order valence-corrected chi connectivity index (χ4v) is 1.89. The Morgan fingerprint density at radius 2 is 2.00 bits per heavy atom. The van der Waals surface area contributed by atoms with Gasteiger partial charge in [-0.1, -0.05) is 5.92 Å². The molecule has 0 aliphatic heterocycles. The van der Waals surface area contributed by atoms with Crippen molar-refractivity contribution in [2.45, 2.75) is 0 Å². The highest BCUT2D eigenvalue weighted by atomic mass is 15.2. The van der Waals surface area contributed by atoms with E-state index < -0.39 is 0 Å². The molecule has 0 saturated carbocycles. The quantitative estimate of drug-likeness (QED) is 0.617. The molecule has 19 heavy (non-hydrogen) atoms. The minimum absolute atomic E-state index is 0.535. The van der Waals surface area contributed by atoms with E-state index >= 15 is 0 Å². The Morgan fingerprint density at radius 3 is 2.68 bits per heavy atom. The molecule has 0 amide bonds. The first-order chi connectivity index (χ1) is 9.31. The summed E-state index contributed by atoms with van der Waals surface area (Å²) in [6, 6.07) is 11.4. The van der Waals surface area contributed by atoms with Gasteiger partial charge < -0.3 is 0 Å². The fourth-order valence-electron chi connectivity index (χ4n) is 1.89. The maximum Gasteiger partial charge on any atom is 0.101 e. The summed E-state index contributed by atoms with van der Waals surface area (Å²) in [4.78, 5) is 4.32. The molecule has 0 bridgehead atoms. The monoisotopic (exact) mass is 244 g/mol. The number of terminal acetylenes is 1. The van der Waals surface area contributed by atoms with Gasteiger partial charge in [-0.2, -0.15) is 10.4 Å². The van der Waals surface area contributed by atoms with Crippen molar-refractivity contribution >= 4 is 5.52 Å². The number of rotatable bonds is 1. The van der Waals surface area contributed by atoms with E-state index in [2.05, 4.69) is 22.1 Å². The summed E-state index contributed by atoms with van der Waals surface area (Å²) < 4.78 is 1.75. The second kappa shape index (κ2) is 4.29. The molecule has 0 radical (unpaired) electrons. The lowest BCUT2D eigenvalue weighted by Gasteiger charge is -2.01. The minimum Gasteiger partial charge on any atom is -0.253 e. The molecule has 3 heterocycles. The van der Waals surface area contributed by atoms with Crippen LogP contribution in [-0.4, -0.2) is 14.6 Å². The highest BCUT2D eigenvalue weighted by Gasteiger charge is 2.07. The average Bonchev–Trinajstić information content (AvgIpc) is 2.90. The third kappa shape index (κ3) is 1.82. The zero-order valence-corrected chi connectivity index (χ0v) is 9.91. The fraction of sp³-hybridized carbons (Fsp3) is 0. The molecular formula is C15H8N4. The summed E-state index contributed by atoms with van der Waals surface area (Å²) in [5.74, 6) is 2.53. The minimum atomic E-state index is 0.535. The highest BCUT2D eigenvalue weighted by Crippen LogP contribution is 2.20.